The van der Waals surface area contributed by atoms with Crippen LogP contribution in [-0.4, -0.2) is 15.2 Å². The molecule has 7 nitrogen and oxygen atoms in total. The summed E-state index contributed by atoms with van der Waals surface area (Å²) in [4.78, 5) is 4.50. The molecule has 6 aromatic rings. The Morgan fingerprint density at radius 2 is 1.59 bits per heavy atom. The summed E-state index contributed by atoms with van der Waals surface area (Å²) < 4.78 is 17.6. The van der Waals surface area contributed by atoms with Crippen molar-refractivity contribution < 1.29 is 13.6 Å². The molecule has 0 bridgehead atoms. The number of hydrogen-bond acceptors (Lipinski definition) is 8. The largest absolute Gasteiger partial charge is 0.438 e. The van der Waals surface area contributed by atoms with Crippen molar-refractivity contribution in [1.82, 2.24) is 15.2 Å². The predicted octanol–water partition coefficient (Wildman–Crippen LogP) is 7.15. The summed E-state index contributed by atoms with van der Waals surface area (Å²) in [6.45, 7) is 0.752. The zero-order valence-corrected chi connectivity index (χ0v) is 21.6. The molecule has 190 valence electrons. The van der Waals surface area contributed by atoms with Crippen molar-refractivity contribution in [2.75, 3.05) is 0 Å². The van der Waals surface area contributed by atoms with Crippen LogP contribution >= 0.6 is 12.6 Å². The van der Waals surface area contributed by atoms with Gasteiger partial charge in [-0.25, -0.2) is 4.98 Å². The quantitative estimate of drug-likeness (QED) is 0.209. The lowest BCUT2D eigenvalue weighted by Gasteiger charge is -2.09. The van der Waals surface area contributed by atoms with Gasteiger partial charge in [-0.3, -0.25) is 0 Å². The second-order valence-corrected chi connectivity index (χ2v) is 9.41. The second kappa shape index (κ2) is 11.0. The van der Waals surface area contributed by atoms with Crippen LogP contribution in [0.2, 0.25) is 0 Å². The van der Waals surface area contributed by atoms with Crippen molar-refractivity contribution in [2.24, 2.45) is 0 Å². The SMILES string of the molecule is N#Cc1ccccc1-c1ccc(C(S)c2nnc(-c3ccc4nc(COCc5ccccc5)oc4c3)o2)cc1. The van der Waals surface area contributed by atoms with Crippen molar-refractivity contribution in [2.45, 2.75) is 18.5 Å². The van der Waals surface area contributed by atoms with Gasteiger partial charge in [-0.05, 0) is 46.5 Å². The topological polar surface area (TPSA) is 98.0 Å². The first-order chi connectivity index (χ1) is 19.2. The highest BCUT2D eigenvalue weighted by Crippen LogP contribution is 2.32. The minimum Gasteiger partial charge on any atom is -0.438 e. The van der Waals surface area contributed by atoms with Crippen molar-refractivity contribution in [3.63, 3.8) is 0 Å². The molecule has 0 amide bonds. The smallest absolute Gasteiger partial charge is 0.247 e. The van der Waals surface area contributed by atoms with Crippen LogP contribution < -0.4 is 0 Å². The van der Waals surface area contributed by atoms with E-state index in [0.29, 0.717) is 35.4 Å². The van der Waals surface area contributed by atoms with Gasteiger partial charge in [0.15, 0.2) is 5.58 Å². The van der Waals surface area contributed by atoms with Crippen LogP contribution in [0.15, 0.2) is 106 Å². The summed E-state index contributed by atoms with van der Waals surface area (Å²) in [7, 11) is 0. The van der Waals surface area contributed by atoms with Crippen molar-refractivity contribution in [3.05, 3.63) is 126 Å². The third-order valence-corrected chi connectivity index (χ3v) is 6.80. The van der Waals surface area contributed by atoms with E-state index in [1.165, 1.54) is 0 Å². The number of rotatable bonds is 8. The minimum absolute atomic E-state index is 0.270. The molecular weight excluding hydrogens is 508 g/mol. The Labute approximate surface area is 230 Å². The molecule has 1 atom stereocenters. The molecule has 0 saturated heterocycles. The minimum atomic E-state index is -0.408. The third kappa shape index (κ3) is 5.32. The number of nitriles is 1. The Bertz CT molecular complexity index is 1770. The van der Waals surface area contributed by atoms with Crippen LogP contribution in [0.4, 0.5) is 0 Å². The molecule has 2 heterocycles. The van der Waals surface area contributed by atoms with Gasteiger partial charge in [0.2, 0.25) is 17.7 Å². The second-order valence-electron chi connectivity index (χ2n) is 8.90. The number of aromatic nitrogens is 3. The molecule has 4 aromatic carbocycles. The third-order valence-electron chi connectivity index (χ3n) is 6.28. The number of ether oxygens (including phenoxy) is 1. The molecule has 0 spiro atoms. The van der Waals surface area contributed by atoms with E-state index in [0.717, 1.165) is 33.3 Å². The van der Waals surface area contributed by atoms with Crippen molar-refractivity contribution in [1.29, 1.82) is 5.26 Å². The summed E-state index contributed by atoms with van der Waals surface area (Å²) in [5.41, 5.74) is 6.51. The van der Waals surface area contributed by atoms with Gasteiger partial charge < -0.3 is 13.6 Å². The Balaban J connectivity index is 1.15. The van der Waals surface area contributed by atoms with E-state index >= 15 is 0 Å². The van der Waals surface area contributed by atoms with E-state index in [4.69, 9.17) is 26.2 Å². The monoisotopic (exact) mass is 530 g/mol. The average molecular weight is 531 g/mol. The van der Waals surface area contributed by atoms with Crippen LogP contribution in [0.1, 0.15) is 33.7 Å². The molecule has 0 saturated carbocycles. The van der Waals surface area contributed by atoms with Gasteiger partial charge in [-0.15, -0.1) is 10.2 Å². The van der Waals surface area contributed by atoms with Crippen LogP contribution in [-0.2, 0) is 18.0 Å². The van der Waals surface area contributed by atoms with Crippen LogP contribution in [0, 0.1) is 11.3 Å². The first-order valence-corrected chi connectivity index (χ1v) is 12.8. The summed E-state index contributed by atoms with van der Waals surface area (Å²) in [6, 6.07) is 33.1. The Kier molecular flexibility index (Phi) is 6.91. The molecule has 1 unspecified atom stereocenters. The Hall–Kier alpha value is -4.71. The molecule has 0 N–H and O–H groups in total. The number of fused-ring (bicyclic) bond motifs is 1. The van der Waals surface area contributed by atoms with Gasteiger partial charge in [-0.2, -0.15) is 17.9 Å². The highest BCUT2D eigenvalue weighted by molar-refractivity contribution is 7.80. The summed E-state index contributed by atoms with van der Waals surface area (Å²) in [5, 5.41) is 17.4. The van der Waals surface area contributed by atoms with E-state index in [1.54, 1.807) is 6.07 Å². The molecule has 0 aliphatic heterocycles. The molecule has 39 heavy (non-hydrogen) atoms. The van der Waals surface area contributed by atoms with E-state index in [2.05, 4.69) is 21.3 Å². The molecule has 0 radical (unpaired) electrons. The van der Waals surface area contributed by atoms with Crippen molar-refractivity contribution in [3.8, 4) is 28.7 Å². The summed E-state index contributed by atoms with van der Waals surface area (Å²) >= 11 is 4.73. The highest BCUT2D eigenvalue weighted by Gasteiger charge is 2.19. The van der Waals surface area contributed by atoms with Crippen LogP contribution in [0.5, 0.6) is 0 Å². The fourth-order valence-electron chi connectivity index (χ4n) is 4.28. The van der Waals surface area contributed by atoms with Crippen LogP contribution in [0.3, 0.4) is 0 Å². The van der Waals surface area contributed by atoms with E-state index in [1.807, 2.05) is 91.0 Å². The molecule has 6 rings (SSSR count). The normalized spacial score (nSPS) is 11.9. The van der Waals surface area contributed by atoms with Gasteiger partial charge in [-0.1, -0.05) is 72.8 Å². The Morgan fingerprint density at radius 3 is 2.41 bits per heavy atom. The van der Waals surface area contributed by atoms with Crippen molar-refractivity contribution >= 4 is 23.7 Å². The number of nitrogens with zero attached hydrogens (tertiary/aromatic N) is 4. The lowest BCUT2D eigenvalue weighted by molar-refractivity contribution is 0.0907. The first kappa shape index (κ1) is 24.6. The van der Waals surface area contributed by atoms with Gasteiger partial charge in [0.25, 0.3) is 0 Å². The van der Waals surface area contributed by atoms with Gasteiger partial charge in [0.1, 0.15) is 17.4 Å². The van der Waals surface area contributed by atoms with Gasteiger partial charge in [0, 0.05) is 5.56 Å². The predicted molar refractivity (Wildman–Crippen MR) is 150 cm³/mol. The molecule has 0 fully saturated rings. The zero-order chi connectivity index (χ0) is 26.6. The molecule has 0 aliphatic carbocycles. The summed E-state index contributed by atoms with van der Waals surface area (Å²) in [5.74, 6) is 1.25. The van der Waals surface area contributed by atoms with Gasteiger partial charge in [0.05, 0.1) is 18.2 Å². The van der Waals surface area contributed by atoms with Crippen LogP contribution in [0.25, 0.3) is 33.7 Å². The lowest BCUT2D eigenvalue weighted by Crippen LogP contribution is -1.94. The van der Waals surface area contributed by atoms with E-state index in [9.17, 15) is 5.26 Å². The summed E-state index contributed by atoms with van der Waals surface area (Å²) in [6.07, 6.45) is 0. The fourth-order valence-corrected chi connectivity index (χ4v) is 4.56. The zero-order valence-electron chi connectivity index (χ0n) is 20.7. The molecule has 0 aliphatic rings. The fraction of sp³-hybridized carbons (Fsp3) is 0.0968. The number of oxazole rings is 1. The Morgan fingerprint density at radius 1 is 0.821 bits per heavy atom. The van der Waals surface area contributed by atoms with E-state index in [-0.39, 0.29) is 6.61 Å². The molecule has 2 aromatic heterocycles. The standard InChI is InChI=1S/C31H22N4O3S/c32-17-24-8-4-5-9-25(24)21-10-12-22(13-11-21)29(39)31-35-34-30(38-31)23-14-15-26-27(16-23)37-28(33-26)19-36-18-20-6-2-1-3-7-20/h1-16,29,39H,18-19H2. The maximum atomic E-state index is 9.40. The number of benzene rings is 4. The highest BCUT2D eigenvalue weighted by atomic mass is 32.1. The molecular formula is C31H22N4O3S. The maximum Gasteiger partial charge on any atom is 0.247 e. The number of thiol groups is 1. The molecule has 8 heteroatoms. The lowest BCUT2D eigenvalue weighted by atomic mass is 9.99. The van der Waals surface area contributed by atoms with Gasteiger partial charge >= 0.3 is 0 Å². The maximum absolute atomic E-state index is 9.40. The first-order valence-electron chi connectivity index (χ1n) is 12.3. The number of hydrogen-bond donors (Lipinski definition) is 1. The average Bonchev–Trinajstić information content (AvgIpc) is 3.64. The van der Waals surface area contributed by atoms with E-state index < -0.39 is 5.25 Å².